The van der Waals surface area contributed by atoms with Crippen molar-refractivity contribution in [1.82, 2.24) is 0 Å². The smallest absolute Gasteiger partial charge is 0.168 e. The zero-order valence-corrected chi connectivity index (χ0v) is 10.2. The van der Waals surface area contributed by atoms with Crippen molar-refractivity contribution in [3.05, 3.63) is 28.8 Å². The van der Waals surface area contributed by atoms with Gasteiger partial charge >= 0.3 is 0 Å². The second kappa shape index (κ2) is 6.51. The van der Waals surface area contributed by atoms with Gasteiger partial charge in [0.05, 0.1) is 19.3 Å². The first-order valence-electron chi connectivity index (χ1n) is 5.13. The molecule has 0 saturated heterocycles. The first kappa shape index (κ1) is 13.0. The van der Waals surface area contributed by atoms with Crippen molar-refractivity contribution in [3.8, 4) is 5.75 Å². The van der Waals surface area contributed by atoms with Crippen molar-refractivity contribution < 1.29 is 14.3 Å². The number of rotatable bonds is 6. The van der Waals surface area contributed by atoms with Crippen LogP contribution in [0.4, 0.5) is 0 Å². The van der Waals surface area contributed by atoms with Gasteiger partial charge in [-0.05, 0) is 25.1 Å². The topological polar surface area (TPSA) is 35.5 Å². The lowest BCUT2D eigenvalue weighted by atomic mass is 10.1. The maximum Gasteiger partial charge on any atom is 0.168 e. The molecule has 0 fully saturated rings. The van der Waals surface area contributed by atoms with Crippen LogP contribution in [0.5, 0.6) is 5.75 Å². The fourth-order valence-corrected chi connectivity index (χ4v) is 1.51. The van der Waals surface area contributed by atoms with Gasteiger partial charge in [0.25, 0.3) is 0 Å². The zero-order valence-electron chi connectivity index (χ0n) is 9.46. The van der Waals surface area contributed by atoms with E-state index in [4.69, 9.17) is 21.1 Å². The summed E-state index contributed by atoms with van der Waals surface area (Å²) in [4.78, 5) is 11.8. The summed E-state index contributed by atoms with van der Waals surface area (Å²) < 4.78 is 10.2. The Morgan fingerprint density at radius 2 is 2.19 bits per heavy atom. The van der Waals surface area contributed by atoms with Gasteiger partial charge in [0, 0.05) is 18.1 Å². The molecule has 0 N–H and O–H groups in total. The number of hydrogen-bond acceptors (Lipinski definition) is 3. The molecule has 1 rings (SSSR count). The molecule has 1 aromatic carbocycles. The average molecular weight is 243 g/mol. The van der Waals surface area contributed by atoms with Crippen LogP contribution in [0.2, 0.25) is 5.02 Å². The number of carbonyl (C=O) groups is 1. The van der Waals surface area contributed by atoms with E-state index in [-0.39, 0.29) is 5.78 Å². The standard InChI is InChI=1S/C12H15ClO3/c1-3-16-7-6-11(14)10-8-9(13)4-5-12(10)15-2/h4-5,8H,3,6-7H2,1-2H3. The SMILES string of the molecule is CCOCCC(=O)c1cc(Cl)ccc1OC. The predicted molar refractivity (Wildman–Crippen MR) is 63.4 cm³/mol. The van der Waals surface area contributed by atoms with Gasteiger partial charge < -0.3 is 9.47 Å². The minimum Gasteiger partial charge on any atom is -0.496 e. The molecule has 0 aliphatic rings. The first-order chi connectivity index (χ1) is 7.69. The van der Waals surface area contributed by atoms with E-state index in [1.807, 2.05) is 6.92 Å². The van der Waals surface area contributed by atoms with Crippen molar-refractivity contribution in [3.63, 3.8) is 0 Å². The number of carbonyl (C=O) groups excluding carboxylic acids is 1. The van der Waals surface area contributed by atoms with E-state index in [9.17, 15) is 4.79 Å². The van der Waals surface area contributed by atoms with Crippen molar-refractivity contribution >= 4 is 17.4 Å². The van der Waals surface area contributed by atoms with Gasteiger partial charge in [-0.1, -0.05) is 11.6 Å². The Hall–Kier alpha value is -1.06. The van der Waals surface area contributed by atoms with Crippen LogP contribution in [0.15, 0.2) is 18.2 Å². The number of hydrogen-bond donors (Lipinski definition) is 0. The van der Waals surface area contributed by atoms with E-state index in [2.05, 4.69) is 0 Å². The number of Topliss-reactive ketones (excluding diaryl/α,β-unsaturated/α-hetero) is 1. The fraction of sp³-hybridized carbons (Fsp3) is 0.417. The molecule has 0 amide bonds. The molecule has 0 saturated carbocycles. The van der Waals surface area contributed by atoms with Gasteiger partial charge in [-0.3, -0.25) is 4.79 Å². The molecule has 0 aromatic heterocycles. The lowest BCUT2D eigenvalue weighted by Gasteiger charge is -2.07. The molecule has 0 aliphatic heterocycles. The Labute approximate surface area is 100 Å². The average Bonchev–Trinajstić information content (AvgIpc) is 2.29. The molecule has 0 bridgehead atoms. The highest BCUT2D eigenvalue weighted by Gasteiger charge is 2.12. The van der Waals surface area contributed by atoms with Crippen LogP contribution in [0.1, 0.15) is 23.7 Å². The first-order valence-corrected chi connectivity index (χ1v) is 5.51. The highest BCUT2D eigenvalue weighted by Crippen LogP contribution is 2.23. The molecule has 0 aliphatic carbocycles. The van der Waals surface area contributed by atoms with Gasteiger partial charge in [-0.15, -0.1) is 0 Å². The number of ketones is 1. The Morgan fingerprint density at radius 1 is 1.44 bits per heavy atom. The third kappa shape index (κ3) is 3.51. The summed E-state index contributed by atoms with van der Waals surface area (Å²) in [6.07, 6.45) is 0.338. The molecule has 0 atom stereocenters. The number of benzene rings is 1. The lowest BCUT2D eigenvalue weighted by molar-refractivity contribution is 0.0893. The highest BCUT2D eigenvalue weighted by molar-refractivity contribution is 6.31. The van der Waals surface area contributed by atoms with E-state index in [1.54, 1.807) is 18.2 Å². The van der Waals surface area contributed by atoms with Crippen LogP contribution < -0.4 is 4.74 Å². The third-order valence-corrected chi connectivity index (χ3v) is 2.37. The molecule has 3 nitrogen and oxygen atoms in total. The van der Waals surface area contributed by atoms with Crippen LogP contribution >= 0.6 is 11.6 Å². The van der Waals surface area contributed by atoms with E-state index in [0.717, 1.165) is 0 Å². The Bertz CT molecular complexity index is 363. The highest BCUT2D eigenvalue weighted by atomic mass is 35.5. The number of ether oxygens (including phenoxy) is 2. The van der Waals surface area contributed by atoms with Gasteiger partial charge in [0.1, 0.15) is 5.75 Å². The third-order valence-electron chi connectivity index (χ3n) is 2.14. The minimum absolute atomic E-state index is 0.0206. The molecule has 0 heterocycles. The Morgan fingerprint density at radius 3 is 2.81 bits per heavy atom. The summed E-state index contributed by atoms with van der Waals surface area (Å²) in [6.45, 7) is 2.93. The normalized spacial score (nSPS) is 10.2. The molecule has 16 heavy (non-hydrogen) atoms. The van der Waals surface area contributed by atoms with Gasteiger partial charge in [-0.2, -0.15) is 0 Å². The zero-order chi connectivity index (χ0) is 12.0. The van der Waals surface area contributed by atoms with Gasteiger partial charge in [-0.25, -0.2) is 0 Å². The van der Waals surface area contributed by atoms with E-state index >= 15 is 0 Å². The minimum atomic E-state index is -0.0206. The fourth-order valence-electron chi connectivity index (χ4n) is 1.34. The maximum absolute atomic E-state index is 11.8. The summed E-state index contributed by atoms with van der Waals surface area (Å²) in [7, 11) is 1.53. The number of halogens is 1. The maximum atomic E-state index is 11.8. The van der Waals surface area contributed by atoms with E-state index in [1.165, 1.54) is 7.11 Å². The lowest BCUT2D eigenvalue weighted by Crippen LogP contribution is -2.06. The van der Waals surface area contributed by atoms with Gasteiger partial charge in [0.2, 0.25) is 0 Å². The van der Waals surface area contributed by atoms with Crippen LogP contribution in [0.3, 0.4) is 0 Å². The largest absolute Gasteiger partial charge is 0.496 e. The Balaban J connectivity index is 2.76. The van der Waals surface area contributed by atoms with Gasteiger partial charge in [0.15, 0.2) is 5.78 Å². The predicted octanol–water partition coefficient (Wildman–Crippen LogP) is 2.96. The van der Waals surface area contributed by atoms with Crippen LogP contribution in [0.25, 0.3) is 0 Å². The second-order valence-electron chi connectivity index (χ2n) is 3.21. The van der Waals surface area contributed by atoms with Crippen molar-refractivity contribution in [2.75, 3.05) is 20.3 Å². The molecule has 1 aromatic rings. The molecule has 0 spiro atoms. The quantitative estimate of drug-likeness (QED) is 0.568. The van der Waals surface area contributed by atoms with Crippen molar-refractivity contribution in [2.45, 2.75) is 13.3 Å². The summed E-state index contributed by atoms with van der Waals surface area (Å²) in [5.41, 5.74) is 0.509. The molecular weight excluding hydrogens is 228 g/mol. The monoisotopic (exact) mass is 242 g/mol. The molecule has 0 radical (unpaired) electrons. The van der Waals surface area contributed by atoms with E-state index in [0.29, 0.717) is 36.0 Å². The molecular formula is C12H15ClO3. The number of methoxy groups -OCH3 is 1. The van der Waals surface area contributed by atoms with Crippen molar-refractivity contribution in [2.24, 2.45) is 0 Å². The molecule has 88 valence electrons. The molecule has 4 heteroatoms. The van der Waals surface area contributed by atoms with Crippen LogP contribution in [0, 0.1) is 0 Å². The van der Waals surface area contributed by atoms with Crippen LogP contribution in [-0.2, 0) is 4.74 Å². The van der Waals surface area contributed by atoms with Crippen LogP contribution in [-0.4, -0.2) is 26.1 Å². The summed E-state index contributed by atoms with van der Waals surface area (Å²) >= 11 is 5.84. The second-order valence-corrected chi connectivity index (χ2v) is 3.65. The summed E-state index contributed by atoms with van der Waals surface area (Å²) in [5.74, 6) is 0.527. The van der Waals surface area contributed by atoms with E-state index < -0.39 is 0 Å². The molecule has 0 unspecified atom stereocenters. The van der Waals surface area contributed by atoms with Crippen molar-refractivity contribution in [1.29, 1.82) is 0 Å². The summed E-state index contributed by atoms with van der Waals surface area (Å²) in [6, 6.07) is 5.00. The summed E-state index contributed by atoms with van der Waals surface area (Å²) in [5, 5.41) is 0.528. The Kier molecular flexibility index (Phi) is 5.29.